The molecule has 1 fully saturated rings. The standard InChI is InChI=1S/C27H33FN4O3/c1-35-22-5-7-26-24(16-22)23(8-10-31-26)25(28)6-4-19-9-14-32(18-20(19)15-27(33)34)13-2-3-21-17-29-11-12-30-21/h5,7-8,10-12,16-17,19-20,25H,2-4,6,9,13-15,18H2,1H3,(H,33,34)/t19-,20+,25-/m1/s1. The first kappa shape index (κ1) is 25.0. The van der Waals surface area contributed by atoms with Gasteiger partial charge in [0.25, 0.3) is 0 Å². The maximum Gasteiger partial charge on any atom is 0.303 e. The van der Waals surface area contributed by atoms with Crippen molar-refractivity contribution in [3.63, 3.8) is 0 Å². The summed E-state index contributed by atoms with van der Waals surface area (Å²) < 4.78 is 20.8. The number of rotatable bonds is 11. The number of nitrogens with zero attached hydrogens (tertiary/aromatic N) is 4. The van der Waals surface area contributed by atoms with Gasteiger partial charge in [0.2, 0.25) is 0 Å². The third-order valence-corrected chi connectivity index (χ3v) is 7.05. The summed E-state index contributed by atoms with van der Waals surface area (Å²) in [5.74, 6) is 0.111. The summed E-state index contributed by atoms with van der Waals surface area (Å²) in [6.07, 6.45) is 9.51. The van der Waals surface area contributed by atoms with Crippen LogP contribution < -0.4 is 4.74 Å². The lowest BCUT2D eigenvalue weighted by atomic mass is 9.79. The highest BCUT2D eigenvalue weighted by Crippen LogP contribution is 2.36. The predicted molar refractivity (Wildman–Crippen MR) is 132 cm³/mol. The summed E-state index contributed by atoms with van der Waals surface area (Å²) in [5, 5.41) is 10.3. The number of aromatic nitrogens is 3. The maximum absolute atomic E-state index is 15.4. The molecule has 0 amide bonds. The molecule has 8 heteroatoms. The van der Waals surface area contributed by atoms with Crippen molar-refractivity contribution in [2.45, 2.75) is 44.7 Å². The molecule has 0 aliphatic carbocycles. The number of halogens is 1. The second-order valence-electron chi connectivity index (χ2n) is 9.34. The number of carboxylic acids is 1. The molecule has 4 rings (SSSR count). The van der Waals surface area contributed by atoms with Crippen LogP contribution in [-0.2, 0) is 11.2 Å². The van der Waals surface area contributed by atoms with Gasteiger partial charge in [-0.05, 0) is 86.9 Å². The highest BCUT2D eigenvalue weighted by molar-refractivity contribution is 5.83. The van der Waals surface area contributed by atoms with Crippen LogP contribution in [0.15, 0.2) is 49.1 Å². The fourth-order valence-electron chi connectivity index (χ4n) is 5.20. The van der Waals surface area contributed by atoms with Crippen LogP contribution in [0.5, 0.6) is 5.75 Å². The van der Waals surface area contributed by atoms with Gasteiger partial charge in [0.05, 0.1) is 18.3 Å². The number of alkyl halides is 1. The number of carbonyl (C=O) groups is 1. The molecule has 0 bridgehead atoms. The van der Waals surface area contributed by atoms with Crippen LogP contribution in [0, 0.1) is 11.8 Å². The van der Waals surface area contributed by atoms with E-state index in [1.807, 2.05) is 18.2 Å². The van der Waals surface area contributed by atoms with Gasteiger partial charge in [-0.2, -0.15) is 0 Å². The molecule has 0 saturated carbocycles. The topological polar surface area (TPSA) is 88.4 Å². The molecule has 7 nitrogen and oxygen atoms in total. The van der Waals surface area contributed by atoms with Gasteiger partial charge >= 0.3 is 5.97 Å². The predicted octanol–water partition coefficient (Wildman–Crippen LogP) is 4.87. The first-order valence-corrected chi connectivity index (χ1v) is 12.3. The van der Waals surface area contributed by atoms with Gasteiger partial charge < -0.3 is 14.7 Å². The van der Waals surface area contributed by atoms with E-state index in [1.165, 1.54) is 0 Å². The van der Waals surface area contributed by atoms with Gasteiger partial charge in [0.1, 0.15) is 11.9 Å². The molecule has 1 N–H and O–H groups in total. The van der Waals surface area contributed by atoms with E-state index in [2.05, 4.69) is 19.9 Å². The fourth-order valence-corrected chi connectivity index (χ4v) is 5.20. The Labute approximate surface area is 205 Å². The van der Waals surface area contributed by atoms with Crippen LogP contribution >= 0.6 is 0 Å². The lowest BCUT2D eigenvalue weighted by Crippen LogP contribution is -2.42. The van der Waals surface area contributed by atoms with Crippen molar-refractivity contribution >= 4 is 16.9 Å². The highest BCUT2D eigenvalue weighted by Gasteiger charge is 2.31. The van der Waals surface area contributed by atoms with E-state index in [9.17, 15) is 9.90 Å². The molecule has 1 saturated heterocycles. The summed E-state index contributed by atoms with van der Waals surface area (Å²) in [4.78, 5) is 26.7. The molecule has 1 aromatic carbocycles. The molecule has 0 unspecified atom stereocenters. The quantitative estimate of drug-likeness (QED) is 0.419. The van der Waals surface area contributed by atoms with Crippen molar-refractivity contribution in [1.82, 2.24) is 19.9 Å². The Hall–Kier alpha value is -3.13. The molecule has 35 heavy (non-hydrogen) atoms. The first-order valence-electron chi connectivity index (χ1n) is 12.3. The number of aryl methyl sites for hydroxylation is 1. The van der Waals surface area contributed by atoms with Crippen LogP contribution in [0.2, 0.25) is 0 Å². The molecule has 3 heterocycles. The number of pyridine rings is 1. The van der Waals surface area contributed by atoms with E-state index >= 15 is 4.39 Å². The zero-order chi connectivity index (χ0) is 24.6. The molecule has 186 valence electrons. The summed E-state index contributed by atoms with van der Waals surface area (Å²) in [6, 6.07) is 7.23. The van der Waals surface area contributed by atoms with Crippen molar-refractivity contribution in [3.05, 3.63) is 60.3 Å². The van der Waals surface area contributed by atoms with Gasteiger partial charge in [-0.1, -0.05) is 0 Å². The van der Waals surface area contributed by atoms with E-state index in [4.69, 9.17) is 4.74 Å². The van der Waals surface area contributed by atoms with Crippen molar-refractivity contribution in [2.24, 2.45) is 11.8 Å². The Bertz CT molecular complexity index is 1110. The summed E-state index contributed by atoms with van der Waals surface area (Å²) >= 11 is 0. The minimum Gasteiger partial charge on any atom is -0.497 e. The van der Waals surface area contributed by atoms with Crippen molar-refractivity contribution in [2.75, 3.05) is 26.7 Å². The number of aliphatic carboxylic acids is 1. The third-order valence-electron chi connectivity index (χ3n) is 7.05. The van der Waals surface area contributed by atoms with Crippen LogP contribution in [0.25, 0.3) is 10.9 Å². The highest BCUT2D eigenvalue weighted by atomic mass is 19.1. The molecule has 1 aliphatic rings. The molecule has 2 aromatic heterocycles. The van der Waals surface area contributed by atoms with E-state index in [-0.39, 0.29) is 18.3 Å². The SMILES string of the molecule is COc1ccc2nccc([C@H](F)CC[C@@H]3CCN(CCCc4cnccn4)C[C@@H]3CC(=O)O)c2c1. The lowest BCUT2D eigenvalue weighted by molar-refractivity contribution is -0.139. The zero-order valence-corrected chi connectivity index (χ0v) is 20.1. The van der Waals surface area contributed by atoms with Crippen LogP contribution in [0.3, 0.4) is 0 Å². The Kier molecular flexibility index (Phi) is 8.58. The van der Waals surface area contributed by atoms with Gasteiger partial charge in [-0.15, -0.1) is 0 Å². The maximum atomic E-state index is 15.4. The van der Waals surface area contributed by atoms with Crippen LogP contribution in [-0.4, -0.2) is 57.7 Å². The molecule has 3 atom stereocenters. The minimum atomic E-state index is -1.14. The number of carboxylic acid groups (broad SMARTS) is 1. The summed E-state index contributed by atoms with van der Waals surface area (Å²) in [6.45, 7) is 2.55. The number of benzene rings is 1. The molecule has 0 spiro atoms. The van der Waals surface area contributed by atoms with E-state index in [0.717, 1.165) is 55.5 Å². The van der Waals surface area contributed by atoms with E-state index < -0.39 is 12.1 Å². The van der Waals surface area contributed by atoms with Crippen LogP contribution in [0.4, 0.5) is 4.39 Å². The second-order valence-corrected chi connectivity index (χ2v) is 9.34. The smallest absolute Gasteiger partial charge is 0.303 e. The minimum absolute atomic E-state index is 0.0271. The lowest BCUT2D eigenvalue weighted by Gasteiger charge is -2.38. The number of methoxy groups -OCH3 is 1. The second kappa shape index (κ2) is 12.0. The largest absolute Gasteiger partial charge is 0.497 e. The molecular weight excluding hydrogens is 447 g/mol. The number of ether oxygens (including phenoxy) is 1. The van der Waals surface area contributed by atoms with E-state index in [1.54, 1.807) is 38.0 Å². The normalized spacial score (nSPS) is 19.5. The Morgan fingerprint density at radius 2 is 2.11 bits per heavy atom. The average molecular weight is 481 g/mol. The molecule has 3 aromatic rings. The number of hydrogen-bond donors (Lipinski definition) is 1. The monoisotopic (exact) mass is 480 g/mol. The first-order chi connectivity index (χ1) is 17.0. The molecule has 1 aliphatic heterocycles. The van der Waals surface area contributed by atoms with Crippen molar-refractivity contribution in [3.8, 4) is 5.75 Å². The van der Waals surface area contributed by atoms with Gasteiger partial charge in [0.15, 0.2) is 0 Å². The number of hydrogen-bond acceptors (Lipinski definition) is 6. The van der Waals surface area contributed by atoms with Crippen molar-refractivity contribution < 1.29 is 19.0 Å². The van der Waals surface area contributed by atoms with Gasteiger partial charge in [-0.25, -0.2) is 4.39 Å². The van der Waals surface area contributed by atoms with E-state index in [0.29, 0.717) is 24.2 Å². The van der Waals surface area contributed by atoms with Crippen LogP contribution in [0.1, 0.15) is 49.5 Å². The zero-order valence-electron chi connectivity index (χ0n) is 20.1. The number of fused-ring (bicyclic) bond motifs is 1. The Morgan fingerprint density at radius 3 is 2.89 bits per heavy atom. The van der Waals surface area contributed by atoms with Crippen molar-refractivity contribution in [1.29, 1.82) is 0 Å². The summed E-state index contributed by atoms with van der Waals surface area (Å²) in [7, 11) is 1.59. The van der Waals surface area contributed by atoms with Gasteiger partial charge in [-0.3, -0.25) is 19.7 Å². The molecule has 0 radical (unpaired) electrons. The van der Waals surface area contributed by atoms with Gasteiger partial charge in [0, 0.05) is 43.1 Å². The summed E-state index contributed by atoms with van der Waals surface area (Å²) in [5.41, 5.74) is 2.33. The number of piperidine rings is 1. The third kappa shape index (κ3) is 6.72. The number of likely N-dealkylation sites (tertiary alicyclic amines) is 1. The molecular formula is C27H33FN4O3. The fraction of sp³-hybridized carbons (Fsp3) is 0.481. The Morgan fingerprint density at radius 1 is 1.23 bits per heavy atom. The average Bonchev–Trinajstić information content (AvgIpc) is 2.87. The Balaban J connectivity index is 1.35.